The number of hydrogen-bond acceptors (Lipinski definition) is 5. The first kappa shape index (κ1) is 14.8. The fraction of sp³-hybridized carbons (Fsp3) is 0.667. The molecule has 2 rings (SSSR count). The van der Waals surface area contributed by atoms with E-state index in [-0.39, 0.29) is 18.4 Å². The van der Waals surface area contributed by atoms with Crippen LogP contribution in [0, 0.1) is 6.92 Å². The predicted molar refractivity (Wildman–Crippen MR) is 70.3 cm³/mol. The fourth-order valence-electron chi connectivity index (χ4n) is 1.68. The number of aryl methyl sites for hydroxylation is 1. The van der Waals surface area contributed by atoms with Gasteiger partial charge in [-0.3, -0.25) is 0 Å². The molecule has 0 aliphatic carbocycles. The maximum atomic E-state index is 12.0. The van der Waals surface area contributed by atoms with Gasteiger partial charge in [-0.25, -0.2) is 18.1 Å². The van der Waals surface area contributed by atoms with Gasteiger partial charge in [0.05, 0.1) is 11.2 Å². The van der Waals surface area contributed by atoms with E-state index in [2.05, 4.69) is 15.0 Å². The Morgan fingerprint density at radius 1 is 1.47 bits per heavy atom. The molecule has 8 heteroatoms. The van der Waals surface area contributed by atoms with Gasteiger partial charge in [-0.05, 0) is 32.9 Å². The Hall–Kier alpha value is -0.210. The van der Waals surface area contributed by atoms with Gasteiger partial charge in [0.25, 0.3) is 10.0 Å². The minimum Gasteiger partial charge on any atom is -0.317 e. The van der Waals surface area contributed by atoms with E-state index in [9.17, 15) is 8.42 Å². The summed E-state index contributed by atoms with van der Waals surface area (Å²) < 4.78 is 26.9. The van der Waals surface area contributed by atoms with Crippen molar-refractivity contribution >= 4 is 33.8 Å². The Labute approximate surface area is 111 Å². The topological polar surface area (TPSA) is 71.1 Å². The lowest BCUT2D eigenvalue weighted by Crippen LogP contribution is -2.42. The van der Waals surface area contributed by atoms with Crippen LogP contribution in [0.4, 0.5) is 0 Å². The normalized spacial score (nSPS) is 17.7. The second-order valence-corrected chi connectivity index (χ2v) is 7.02. The first-order valence-corrected chi connectivity index (χ1v) is 7.53. The van der Waals surface area contributed by atoms with E-state index in [0.717, 1.165) is 30.9 Å². The molecule has 1 fully saturated rings. The standard InChI is InChI=1S/C9H15N3O2S2.ClH/c1-7-11-6-9(15-7)16(13,14)12-8-2-4-10-5-3-8;/h6,8,10,12H,2-5H2,1H3;1H. The maximum Gasteiger partial charge on any atom is 0.251 e. The lowest BCUT2D eigenvalue weighted by Gasteiger charge is -2.22. The molecular formula is C9H16ClN3O2S2. The van der Waals surface area contributed by atoms with Crippen LogP contribution in [0.1, 0.15) is 17.8 Å². The summed E-state index contributed by atoms with van der Waals surface area (Å²) in [6, 6.07) is 0.0497. The Bertz CT molecular complexity index is 455. The molecule has 5 nitrogen and oxygen atoms in total. The van der Waals surface area contributed by atoms with E-state index in [4.69, 9.17) is 0 Å². The van der Waals surface area contributed by atoms with E-state index >= 15 is 0 Å². The first-order chi connectivity index (χ1) is 7.58. The number of hydrogen-bond donors (Lipinski definition) is 2. The SMILES string of the molecule is Cc1ncc(S(=O)(=O)NC2CCNCC2)s1.Cl. The molecule has 1 aliphatic rings. The Kier molecular flexibility index (Phi) is 5.33. The van der Waals surface area contributed by atoms with Crippen molar-refractivity contribution in [1.29, 1.82) is 0 Å². The van der Waals surface area contributed by atoms with Crippen molar-refractivity contribution in [3.63, 3.8) is 0 Å². The number of nitrogens with zero attached hydrogens (tertiary/aromatic N) is 1. The van der Waals surface area contributed by atoms with E-state index in [1.807, 2.05) is 0 Å². The zero-order valence-electron chi connectivity index (χ0n) is 9.47. The fourth-order valence-corrected chi connectivity index (χ4v) is 4.11. The van der Waals surface area contributed by atoms with Crippen LogP contribution in [0.5, 0.6) is 0 Å². The molecule has 0 saturated carbocycles. The summed E-state index contributed by atoms with van der Waals surface area (Å²) in [6.45, 7) is 3.54. The van der Waals surface area contributed by atoms with Crippen LogP contribution in [-0.2, 0) is 10.0 Å². The number of piperidine rings is 1. The third kappa shape index (κ3) is 3.89. The molecule has 1 aromatic heterocycles. The zero-order chi connectivity index (χ0) is 11.6. The summed E-state index contributed by atoms with van der Waals surface area (Å²) in [7, 11) is -3.36. The molecule has 2 heterocycles. The highest BCUT2D eigenvalue weighted by atomic mass is 35.5. The third-order valence-corrected chi connectivity index (χ3v) is 5.42. The summed E-state index contributed by atoms with van der Waals surface area (Å²) in [4.78, 5) is 3.96. The highest BCUT2D eigenvalue weighted by Crippen LogP contribution is 2.18. The van der Waals surface area contributed by atoms with Crippen molar-refractivity contribution in [3.05, 3.63) is 11.2 Å². The van der Waals surface area contributed by atoms with Gasteiger partial charge in [0.1, 0.15) is 0 Å². The van der Waals surface area contributed by atoms with Crippen LogP contribution in [0.15, 0.2) is 10.4 Å². The summed E-state index contributed by atoms with van der Waals surface area (Å²) >= 11 is 1.21. The van der Waals surface area contributed by atoms with Crippen molar-refractivity contribution < 1.29 is 8.42 Å². The number of rotatable bonds is 3. The molecule has 1 aromatic rings. The number of nitrogens with one attached hydrogen (secondary N) is 2. The number of sulfonamides is 1. The highest BCUT2D eigenvalue weighted by Gasteiger charge is 2.23. The quantitative estimate of drug-likeness (QED) is 0.870. The molecular weight excluding hydrogens is 282 g/mol. The molecule has 17 heavy (non-hydrogen) atoms. The highest BCUT2D eigenvalue weighted by molar-refractivity contribution is 7.91. The van der Waals surface area contributed by atoms with Gasteiger partial charge < -0.3 is 5.32 Å². The summed E-state index contributed by atoms with van der Waals surface area (Å²) in [5.74, 6) is 0. The minimum atomic E-state index is -3.36. The van der Waals surface area contributed by atoms with Gasteiger partial charge in [0.15, 0.2) is 4.21 Å². The van der Waals surface area contributed by atoms with Crippen molar-refractivity contribution in [3.8, 4) is 0 Å². The molecule has 0 amide bonds. The first-order valence-electron chi connectivity index (χ1n) is 5.23. The van der Waals surface area contributed by atoms with Crippen LogP contribution >= 0.6 is 23.7 Å². The predicted octanol–water partition coefficient (Wildman–Crippen LogP) is 0.904. The molecule has 0 bridgehead atoms. The van der Waals surface area contributed by atoms with Crippen LogP contribution in [0.3, 0.4) is 0 Å². The third-order valence-electron chi connectivity index (χ3n) is 2.53. The van der Waals surface area contributed by atoms with Gasteiger partial charge in [-0.2, -0.15) is 0 Å². The molecule has 0 spiro atoms. The van der Waals surface area contributed by atoms with Crippen molar-refractivity contribution in [2.24, 2.45) is 0 Å². The second kappa shape index (κ2) is 6.10. The van der Waals surface area contributed by atoms with E-state index < -0.39 is 10.0 Å². The average Bonchev–Trinajstić information content (AvgIpc) is 2.66. The summed E-state index contributed by atoms with van der Waals surface area (Å²) in [5.41, 5.74) is 0. The van der Waals surface area contributed by atoms with Crippen molar-refractivity contribution in [2.75, 3.05) is 13.1 Å². The summed E-state index contributed by atoms with van der Waals surface area (Å²) in [6.07, 6.45) is 3.11. The molecule has 0 unspecified atom stereocenters. The number of aromatic nitrogens is 1. The van der Waals surface area contributed by atoms with Crippen molar-refractivity contribution in [2.45, 2.75) is 30.0 Å². The van der Waals surface area contributed by atoms with E-state index in [1.54, 1.807) is 6.92 Å². The molecule has 0 aromatic carbocycles. The molecule has 1 aliphatic heterocycles. The van der Waals surface area contributed by atoms with E-state index in [1.165, 1.54) is 17.5 Å². The number of halogens is 1. The van der Waals surface area contributed by atoms with Crippen molar-refractivity contribution in [1.82, 2.24) is 15.0 Å². The van der Waals surface area contributed by atoms with Crippen LogP contribution in [0.25, 0.3) is 0 Å². The van der Waals surface area contributed by atoms with Crippen LogP contribution in [0.2, 0.25) is 0 Å². The molecule has 98 valence electrons. The Morgan fingerprint density at radius 2 is 2.12 bits per heavy atom. The summed E-state index contributed by atoms with van der Waals surface area (Å²) in [5, 5.41) is 3.97. The molecule has 2 N–H and O–H groups in total. The minimum absolute atomic E-state index is 0. The van der Waals surface area contributed by atoms with Gasteiger partial charge in [-0.1, -0.05) is 0 Å². The second-order valence-electron chi connectivity index (χ2n) is 3.84. The Morgan fingerprint density at radius 3 is 2.65 bits per heavy atom. The monoisotopic (exact) mass is 297 g/mol. The smallest absolute Gasteiger partial charge is 0.251 e. The average molecular weight is 298 g/mol. The van der Waals surface area contributed by atoms with Crippen LogP contribution < -0.4 is 10.0 Å². The van der Waals surface area contributed by atoms with Crippen LogP contribution in [-0.4, -0.2) is 32.5 Å². The molecule has 0 atom stereocenters. The maximum absolute atomic E-state index is 12.0. The largest absolute Gasteiger partial charge is 0.317 e. The van der Waals surface area contributed by atoms with E-state index in [0.29, 0.717) is 4.21 Å². The van der Waals surface area contributed by atoms with Gasteiger partial charge >= 0.3 is 0 Å². The number of thiazole rings is 1. The molecule has 0 radical (unpaired) electrons. The Balaban J connectivity index is 0.00000144. The van der Waals surface area contributed by atoms with Gasteiger partial charge in [0.2, 0.25) is 0 Å². The van der Waals surface area contributed by atoms with Gasteiger partial charge in [0, 0.05) is 6.04 Å². The lowest BCUT2D eigenvalue weighted by molar-refractivity contribution is 0.427. The lowest BCUT2D eigenvalue weighted by atomic mass is 10.1. The zero-order valence-corrected chi connectivity index (χ0v) is 11.9. The van der Waals surface area contributed by atoms with Gasteiger partial charge in [-0.15, -0.1) is 23.7 Å². The molecule has 1 saturated heterocycles.